The molecule has 0 unspecified atom stereocenters. The molecule has 0 spiro atoms. The van der Waals surface area contributed by atoms with Crippen molar-refractivity contribution in [2.75, 3.05) is 13.7 Å². The Hall–Kier alpha value is -1.01. The molecule has 114 valence electrons. The summed E-state index contributed by atoms with van der Waals surface area (Å²) in [6.07, 6.45) is 0.604. The van der Waals surface area contributed by atoms with Gasteiger partial charge in [-0.3, -0.25) is 0 Å². The Morgan fingerprint density at radius 2 is 2.24 bits per heavy atom. The zero-order valence-corrected chi connectivity index (χ0v) is 13.7. The second-order valence-corrected chi connectivity index (χ2v) is 6.18. The molecule has 1 N–H and O–H groups in total. The molecule has 0 saturated heterocycles. The van der Waals surface area contributed by atoms with Crippen LogP contribution in [0.15, 0.2) is 18.2 Å². The van der Waals surface area contributed by atoms with Gasteiger partial charge in [0.2, 0.25) is 0 Å². The van der Waals surface area contributed by atoms with Crippen molar-refractivity contribution in [1.29, 1.82) is 0 Å². The molecule has 1 heterocycles. The fraction of sp³-hybridized carbons (Fsp3) is 0.400. The van der Waals surface area contributed by atoms with E-state index in [1.165, 1.54) is 17.0 Å². The van der Waals surface area contributed by atoms with Crippen molar-refractivity contribution in [3.63, 3.8) is 0 Å². The summed E-state index contributed by atoms with van der Waals surface area (Å²) in [5.74, 6) is -0.323. The van der Waals surface area contributed by atoms with E-state index >= 15 is 0 Å². The maximum absolute atomic E-state index is 13.1. The molecule has 6 heteroatoms. The van der Waals surface area contributed by atoms with E-state index in [-0.39, 0.29) is 5.82 Å². The van der Waals surface area contributed by atoms with Crippen molar-refractivity contribution < 1.29 is 9.13 Å². The van der Waals surface area contributed by atoms with Gasteiger partial charge in [0.15, 0.2) is 0 Å². The van der Waals surface area contributed by atoms with Crippen LogP contribution in [0.1, 0.15) is 28.1 Å². The van der Waals surface area contributed by atoms with Crippen LogP contribution in [0.5, 0.6) is 0 Å². The SMILES string of the molecule is CCNCc1sc(Cc2ccc(F)cc2Cl)nc1COC. The average molecular weight is 329 g/mol. The highest BCUT2D eigenvalue weighted by molar-refractivity contribution is 7.11. The van der Waals surface area contributed by atoms with Gasteiger partial charge < -0.3 is 10.1 Å². The third-order valence-corrected chi connectivity index (χ3v) is 4.45. The summed E-state index contributed by atoms with van der Waals surface area (Å²) in [6, 6.07) is 4.46. The molecule has 0 fully saturated rings. The Balaban J connectivity index is 2.19. The topological polar surface area (TPSA) is 34.2 Å². The minimum absolute atomic E-state index is 0.323. The summed E-state index contributed by atoms with van der Waals surface area (Å²) in [5.41, 5.74) is 1.84. The van der Waals surface area contributed by atoms with Crippen LogP contribution in [-0.4, -0.2) is 18.6 Å². The maximum atomic E-state index is 13.1. The predicted octanol–water partition coefficient (Wildman–Crippen LogP) is 3.78. The lowest BCUT2D eigenvalue weighted by molar-refractivity contribution is 0.181. The lowest BCUT2D eigenvalue weighted by Crippen LogP contribution is -2.12. The fourth-order valence-corrected chi connectivity index (χ4v) is 3.27. The Morgan fingerprint density at radius 3 is 2.90 bits per heavy atom. The second kappa shape index (κ2) is 7.84. The first kappa shape index (κ1) is 16.4. The smallest absolute Gasteiger partial charge is 0.124 e. The largest absolute Gasteiger partial charge is 0.378 e. The number of hydrogen-bond acceptors (Lipinski definition) is 4. The molecule has 0 radical (unpaired) electrons. The van der Waals surface area contributed by atoms with Gasteiger partial charge in [0.25, 0.3) is 0 Å². The van der Waals surface area contributed by atoms with Crippen molar-refractivity contribution in [2.24, 2.45) is 0 Å². The monoisotopic (exact) mass is 328 g/mol. The number of methoxy groups -OCH3 is 1. The minimum Gasteiger partial charge on any atom is -0.378 e. The Morgan fingerprint density at radius 1 is 1.43 bits per heavy atom. The van der Waals surface area contributed by atoms with Crippen molar-refractivity contribution in [3.05, 3.63) is 50.2 Å². The summed E-state index contributed by atoms with van der Waals surface area (Å²) in [6.45, 7) is 4.25. The lowest BCUT2D eigenvalue weighted by Gasteiger charge is -2.01. The number of benzene rings is 1. The molecule has 21 heavy (non-hydrogen) atoms. The number of ether oxygens (including phenoxy) is 1. The van der Waals surface area contributed by atoms with Gasteiger partial charge in [-0.2, -0.15) is 0 Å². The molecule has 0 aliphatic rings. The number of thiazole rings is 1. The first-order valence-corrected chi connectivity index (χ1v) is 7.94. The number of hydrogen-bond donors (Lipinski definition) is 1. The third kappa shape index (κ3) is 4.48. The zero-order chi connectivity index (χ0) is 15.2. The summed E-state index contributed by atoms with van der Waals surface area (Å²) < 4.78 is 18.3. The molecule has 0 aliphatic carbocycles. The standard InChI is InChI=1S/C15H18ClFN2OS/c1-3-18-8-14-13(9-20-2)19-15(21-14)6-10-4-5-11(17)7-12(10)16/h4-5,7,18H,3,6,8-9H2,1-2H3. The van der Waals surface area contributed by atoms with Crippen LogP contribution in [0.4, 0.5) is 4.39 Å². The number of aromatic nitrogens is 1. The summed E-state index contributed by atoms with van der Waals surface area (Å²) in [7, 11) is 1.66. The molecule has 0 atom stereocenters. The maximum Gasteiger partial charge on any atom is 0.124 e. The van der Waals surface area contributed by atoms with E-state index in [4.69, 9.17) is 16.3 Å². The van der Waals surface area contributed by atoms with Crippen LogP contribution in [0.3, 0.4) is 0 Å². The molecule has 2 aromatic rings. The normalized spacial score (nSPS) is 11.0. The highest BCUT2D eigenvalue weighted by Gasteiger charge is 2.12. The highest BCUT2D eigenvalue weighted by atomic mass is 35.5. The van der Waals surface area contributed by atoms with E-state index in [2.05, 4.69) is 17.2 Å². The molecule has 2 rings (SSSR count). The first-order valence-electron chi connectivity index (χ1n) is 6.75. The van der Waals surface area contributed by atoms with E-state index in [9.17, 15) is 4.39 Å². The first-order chi connectivity index (χ1) is 10.1. The minimum atomic E-state index is -0.323. The summed E-state index contributed by atoms with van der Waals surface area (Å²) in [4.78, 5) is 5.79. The van der Waals surface area contributed by atoms with E-state index in [1.54, 1.807) is 24.5 Å². The van der Waals surface area contributed by atoms with Gasteiger partial charge in [0, 0.05) is 30.0 Å². The van der Waals surface area contributed by atoms with Crippen LogP contribution < -0.4 is 5.32 Å². The van der Waals surface area contributed by atoms with Crippen LogP contribution in [-0.2, 0) is 24.3 Å². The lowest BCUT2D eigenvalue weighted by atomic mass is 10.1. The van der Waals surface area contributed by atoms with Gasteiger partial charge in [-0.15, -0.1) is 11.3 Å². The molecule has 0 saturated carbocycles. The summed E-state index contributed by atoms with van der Waals surface area (Å²) >= 11 is 7.71. The van der Waals surface area contributed by atoms with Crippen molar-refractivity contribution in [3.8, 4) is 0 Å². The Bertz CT molecular complexity index is 603. The van der Waals surface area contributed by atoms with Crippen molar-refractivity contribution in [2.45, 2.75) is 26.5 Å². The molecule has 0 aliphatic heterocycles. The highest BCUT2D eigenvalue weighted by Crippen LogP contribution is 2.25. The van der Waals surface area contributed by atoms with Crippen molar-refractivity contribution >= 4 is 22.9 Å². The molecule has 0 bridgehead atoms. The Labute approximate surface area is 133 Å². The average Bonchev–Trinajstić information content (AvgIpc) is 2.82. The molecule has 0 amide bonds. The predicted molar refractivity (Wildman–Crippen MR) is 84.4 cm³/mol. The van der Waals surface area contributed by atoms with Gasteiger partial charge in [0.05, 0.1) is 17.3 Å². The van der Waals surface area contributed by atoms with Gasteiger partial charge in [-0.1, -0.05) is 24.6 Å². The molecular formula is C15H18ClFN2OS. The Kier molecular flexibility index (Phi) is 6.11. The number of halogens is 2. The number of nitrogens with zero attached hydrogens (tertiary/aromatic N) is 1. The van der Waals surface area contributed by atoms with E-state index in [0.717, 1.165) is 29.4 Å². The fourth-order valence-electron chi connectivity index (χ4n) is 1.97. The third-order valence-electron chi connectivity index (χ3n) is 3.00. The van der Waals surface area contributed by atoms with Crippen LogP contribution in [0.2, 0.25) is 5.02 Å². The summed E-state index contributed by atoms with van der Waals surface area (Å²) in [5, 5.41) is 4.70. The van der Waals surface area contributed by atoms with E-state index in [0.29, 0.717) is 18.1 Å². The zero-order valence-electron chi connectivity index (χ0n) is 12.1. The van der Waals surface area contributed by atoms with Crippen LogP contribution in [0.25, 0.3) is 0 Å². The molecular weight excluding hydrogens is 311 g/mol. The van der Waals surface area contributed by atoms with Crippen molar-refractivity contribution in [1.82, 2.24) is 10.3 Å². The molecule has 1 aromatic carbocycles. The van der Waals surface area contributed by atoms with E-state index in [1.807, 2.05) is 0 Å². The molecule has 1 aromatic heterocycles. The van der Waals surface area contributed by atoms with Gasteiger partial charge in [-0.25, -0.2) is 9.37 Å². The van der Waals surface area contributed by atoms with Gasteiger partial charge in [0.1, 0.15) is 5.82 Å². The number of rotatable bonds is 7. The molecule has 3 nitrogen and oxygen atoms in total. The van der Waals surface area contributed by atoms with E-state index < -0.39 is 0 Å². The van der Waals surface area contributed by atoms with Crippen LogP contribution in [0, 0.1) is 5.82 Å². The number of nitrogens with one attached hydrogen (secondary N) is 1. The quantitative estimate of drug-likeness (QED) is 0.840. The van der Waals surface area contributed by atoms with Gasteiger partial charge in [-0.05, 0) is 24.2 Å². The van der Waals surface area contributed by atoms with Gasteiger partial charge >= 0.3 is 0 Å². The second-order valence-electron chi connectivity index (χ2n) is 4.60. The van der Waals surface area contributed by atoms with Crippen LogP contribution >= 0.6 is 22.9 Å².